The van der Waals surface area contributed by atoms with Crippen LogP contribution in [0.2, 0.25) is 0 Å². The minimum Gasteiger partial charge on any atom is -0.321 e. The van der Waals surface area contributed by atoms with Crippen LogP contribution in [0.3, 0.4) is 0 Å². The number of benzene rings is 2. The van der Waals surface area contributed by atoms with Gasteiger partial charge in [-0.15, -0.1) is 0 Å². The molecule has 0 amide bonds. The summed E-state index contributed by atoms with van der Waals surface area (Å²) in [5, 5.41) is 0.130. The highest BCUT2D eigenvalue weighted by Crippen LogP contribution is 2.32. The van der Waals surface area contributed by atoms with Crippen molar-refractivity contribution < 1.29 is 28.7 Å². The molecule has 6 nitrogen and oxygen atoms in total. The Morgan fingerprint density at radius 3 is 0.952 bits per heavy atom. The third-order valence-corrected chi connectivity index (χ3v) is 4.13. The molecule has 0 radical (unpaired) electrons. The van der Waals surface area contributed by atoms with E-state index in [9.17, 15) is 9.13 Å². The highest BCUT2D eigenvalue weighted by molar-refractivity contribution is 7.60. The van der Waals surface area contributed by atoms with Gasteiger partial charge in [-0.25, -0.2) is 0 Å². The van der Waals surface area contributed by atoms with Crippen LogP contribution in [-0.2, 0) is 9.13 Å². The van der Waals surface area contributed by atoms with E-state index in [4.69, 9.17) is 19.6 Å². The van der Waals surface area contributed by atoms with Crippen molar-refractivity contribution in [2.75, 3.05) is 0 Å². The van der Waals surface area contributed by atoms with Crippen molar-refractivity contribution in [2.45, 2.75) is 0 Å². The Morgan fingerprint density at radius 2 is 0.810 bits per heavy atom. The predicted molar refractivity (Wildman–Crippen MR) is 87.6 cm³/mol. The minimum atomic E-state index is -4.02. The van der Waals surface area contributed by atoms with Gasteiger partial charge in [-0.2, -0.15) is 0 Å². The van der Waals surface area contributed by atoms with Gasteiger partial charge in [0.15, 0.2) is 0 Å². The van der Waals surface area contributed by atoms with Crippen LogP contribution in [0.4, 0.5) is 0 Å². The van der Waals surface area contributed by atoms with E-state index in [0.717, 1.165) is 0 Å². The van der Waals surface area contributed by atoms with E-state index in [1.807, 2.05) is 0 Å². The maximum atomic E-state index is 10.5. The molecule has 0 aliphatic heterocycles. The van der Waals surface area contributed by atoms with Gasteiger partial charge in [-0.1, -0.05) is 36.4 Å². The van der Waals surface area contributed by atoms with Gasteiger partial charge in [0.2, 0.25) is 0 Å². The molecule has 0 saturated heterocycles. The summed E-state index contributed by atoms with van der Waals surface area (Å²) >= 11 is 0. The van der Waals surface area contributed by atoms with Crippen LogP contribution in [0, 0.1) is 0 Å². The van der Waals surface area contributed by atoms with Crippen molar-refractivity contribution in [3.63, 3.8) is 0 Å². The molecule has 0 unspecified atom stereocenters. The molecule has 9 heteroatoms. The smallest absolute Gasteiger partial charge is 0.321 e. The van der Waals surface area contributed by atoms with E-state index in [2.05, 4.69) is 0 Å². The lowest BCUT2D eigenvalue weighted by atomic mass is 10.4. The average molecular weight is 348 g/mol. The molecule has 2 aromatic carbocycles. The quantitative estimate of drug-likeness (QED) is 0.431. The van der Waals surface area contributed by atoms with Gasteiger partial charge in [-0.05, 0) is 35.2 Å². The Hall–Kier alpha value is -1.04. The number of hydrogen-bond acceptors (Lipinski definition) is 2. The van der Waals surface area contributed by atoms with Crippen LogP contribution >= 0.6 is 15.2 Å². The van der Waals surface area contributed by atoms with E-state index in [1.165, 1.54) is 24.3 Å². The summed E-state index contributed by atoms with van der Waals surface area (Å²) in [6.45, 7) is 0. The number of rotatable bonds is 2. The third kappa shape index (κ3) is 7.50. The summed E-state index contributed by atoms with van der Waals surface area (Å²) in [4.78, 5) is 34.4. The van der Waals surface area contributed by atoms with E-state index < -0.39 is 15.2 Å². The van der Waals surface area contributed by atoms with Gasteiger partial charge in [0.25, 0.3) is 0 Å². The lowest BCUT2D eigenvalue weighted by molar-refractivity contribution is 0.385. The van der Waals surface area contributed by atoms with E-state index in [1.54, 1.807) is 36.4 Å². The van der Waals surface area contributed by atoms with Gasteiger partial charge < -0.3 is 19.6 Å². The maximum absolute atomic E-state index is 10.5. The van der Waals surface area contributed by atoms with E-state index >= 15 is 0 Å². The van der Waals surface area contributed by atoms with Crippen molar-refractivity contribution >= 4 is 36.8 Å². The van der Waals surface area contributed by atoms with Crippen LogP contribution in [0.25, 0.3) is 0 Å². The summed E-state index contributed by atoms with van der Waals surface area (Å²) in [5.74, 6) is 0. The molecule has 0 bridgehead atoms. The second kappa shape index (κ2) is 8.41. The molecule has 0 fully saturated rings. The number of hydrogen-bond donors (Lipinski definition) is 4. The van der Waals surface area contributed by atoms with Crippen LogP contribution in [-0.4, -0.2) is 30.5 Å². The Bertz CT molecular complexity index is 565. The summed E-state index contributed by atoms with van der Waals surface area (Å²) < 4.78 is 21.1. The summed E-state index contributed by atoms with van der Waals surface area (Å²) in [6, 6.07) is 15.4. The zero-order chi connectivity index (χ0) is 15.2. The van der Waals surface area contributed by atoms with Crippen molar-refractivity contribution in [1.82, 2.24) is 0 Å². The molecule has 0 atom stereocenters. The van der Waals surface area contributed by atoms with Crippen molar-refractivity contribution in [3.05, 3.63) is 60.7 Å². The Labute approximate surface area is 126 Å². The lowest BCUT2D eigenvalue weighted by Crippen LogP contribution is -2.01. The summed E-state index contributed by atoms with van der Waals surface area (Å²) in [7, 11) is -8.04. The zero-order valence-corrected chi connectivity index (χ0v) is 12.1. The van der Waals surface area contributed by atoms with E-state index in [0.29, 0.717) is 0 Å². The zero-order valence-electron chi connectivity index (χ0n) is 10.3. The first kappa shape index (κ1) is 20.0. The molecular formula is C12H18O6P2Si. The fourth-order valence-corrected chi connectivity index (χ4v) is 2.37. The standard InChI is InChI=1S/2C6H7O3P.H4Si/c2*7-10(8,9)6-4-2-1-3-5-6;/h2*1-5H,(H2,7,8,9);1H4. The molecule has 0 aromatic heterocycles. The first-order chi connectivity index (χ1) is 9.21. The lowest BCUT2D eigenvalue weighted by Gasteiger charge is -2.00. The highest BCUT2D eigenvalue weighted by atomic mass is 31.2. The topological polar surface area (TPSA) is 115 Å². The maximum Gasteiger partial charge on any atom is 0.356 e. The molecule has 0 saturated carbocycles. The van der Waals surface area contributed by atoms with Crippen molar-refractivity contribution in [1.29, 1.82) is 0 Å². The van der Waals surface area contributed by atoms with Crippen LogP contribution in [0.5, 0.6) is 0 Å². The third-order valence-electron chi connectivity index (χ3n) is 2.19. The molecular weight excluding hydrogens is 330 g/mol. The largest absolute Gasteiger partial charge is 0.356 e. The molecule has 21 heavy (non-hydrogen) atoms. The van der Waals surface area contributed by atoms with Crippen molar-refractivity contribution in [3.8, 4) is 0 Å². The Kier molecular flexibility index (Phi) is 7.99. The second-order valence-electron chi connectivity index (χ2n) is 3.76. The summed E-state index contributed by atoms with van der Waals surface area (Å²) in [6.07, 6.45) is 0. The Morgan fingerprint density at radius 1 is 0.571 bits per heavy atom. The van der Waals surface area contributed by atoms with Crippen molar-refractivity contribution in [2.24, 2.45) is 0 Å². The van der Waals surface area contributed by atoms with E-state index in [-0.39, 0.29) is 21.6 Å². The van der Waals surface area contributed by atoms with Crippen LogP contribution < -0.4 is 10.6 Å². The second-order valence-corrected chi connectivity index (χ2v) is 6.97. The Balaban J connectivity index is 0.000000364. The van der Waals surface area contributed by atoms with Gasteiger partial charge in [0.1, 0.15) is 0 Å². The molecule has 0 aliphatic carbocycles. The first-order valence-corrected chi connectivity index (χ1v) is 8.66. The van der Waals surface area contributed by atoms with Gasteiger partial charge in [0, 0.05) is 0 Å². The fourth-order valence-electron chi connectivity index (χ4n) is 1.24. The van der Waals surface area contributed by atoms with Crippen LogP contribution in [0.15, 0.2) is 60.7 Å². The fraction of sp³-hybridized carbons (Fsp3) is 0. The van der Waals surface area contributed by atoms with Gasteiger partial charge in [-0.3, -0.25) is 9.13 Å². The van der Waals surface area contributed by atoms with Gasteiger partial charge >= 0.3 is 15.2 Å². The first-order valence-electron chi connectivity index (χ1n) is 5.43. The SMILES string of the molecule is O=P(O)(O)c1ccccc1.O=P(O)(O)c1ccccc1.[SiH4]. The molecule has 2 rings (SSSR count). The molecule has 0 spiro atoms. The minimum absolute atomic E-state index is 0. The molecule has 4 N–H and O–H groups in total. The predicted octanol–water partition coefficient (Wildman–Crippen LogP) is -0.472. The monoisotopic (exact) mass is 348 g/mol. The molecule has 116 valence electrons. The van der Waals surface area contributed by atoms with Gasteiger partial charge in [0.05, 0.1) is 10.6 Å². The molecule has 0 aliphatic rings. The average Bonchev–Trinajstić information content (AvgIpc) is 2.40. The highest BCUT2D eigenvalue weighted by Gasteiger charge is 2.15. The molecule has 2 aromatic rings. The normalized spacial score (nSPS) is 10.9. The van der Waals surface area contributed by atoms with Crippen LogP contribution in [0.1, 0.15) is 0 Å². The molecule has 0 heterocycles. The summed E-state index contributed by atoms with van der Waals surface area (Å²) in [5.41, 5.74) is 0.